The summed E-state index contributed by atoms with van der Waals surface area (Å²) in [4.78, 5) is 0. The second kappa shape index (κ2) is 6.76. The third kappa shape index (κ3) is 4.59. The van der Waals surface area contributed by atoms with Crippen LogP contribution in [0.25, 0.3) is 0 Å². The third-order valence-electron chi connectivity index (χ3n) is 1.67. The molecule has 0 saturated heterocycles. The fourth-order valence-corrected chi connectivity index (χ4v) is 1.65. The molecule has 86 valence electrons. The van der Waals surface area contributed by atoms with Crippen molar-refractivity contribution in [2.24, 2.45) is 0 Å². The molecule has 7 heteroatoms. The lowest BCUT2D eigenvalue weighted by Gasteiger charge is -2.00. The third-order valence-corrected chi connectivity index (χ3v) is 2.66. The molecule has 0 spiro atoms. The summed E-state index contributed by atoms with van der Waals surface area (Å²) in [6.45, 7) is 2.08. The summed E-state index contributed by atoms with van der Waals surface area (Å²) in [5, 5.41) is 10.6. The molecule has 1 aromatic heterocycles. The number of ether oxygens (including phenoxy) is 1. The Hall–Kier alpha value is -0.660. The molecule has 0 saturated carbocycles. The van der Waals surface area contributed by atoms with Crippen LogP contribution in [-0.4, -0.2) is 37.0 Å². The Bertz CT molecular complexity index is 283. The van der Waals surface area contributed by atoms with Gasteiger partial charge in [-0.1, -0.05) is 11.3 Å². The van der Waals surface area contributed by atoms with E-state index in [0.717, 1.165) is 17.9 Å². The highest BCUT2D eigenvalue weighted by atomic mass is 32.1. The quantitative estimate of drug-likeness (QED) is 0.725. The highest BCUT2D eigenvalue weighted by Gasteiger charge is 2.13. The number of methoxy groups -OCH3 is 1. The van der Waals surface area contributed by atoms with Crippen LogP contribution in [-0.2, 0) is 11.2 Å². The standard InChI is InChI=1S/C8H13F2N3OS/c1-14-5-4-11-3-2-6-12-13-8(15-6)7(9)10/h7,11H,2-5H2,1H3. The van der Waals surface area contributed by atoms with E-state index in [1.165, 1.54) is 0 Å². The number of hydrogen-bond acceptors (Lipinski definition) is 5. The summed E-state index contributed by atoms with van der Waals surface area (Å²) in [5.41, 5.74) is 0. The summed E-state index contributed by atoms with van der Waals surface area (Å²) < 4.78 is 29.1. The van der Waals surface area contributed by atoms with Crippen molar-refractivity contribution in [3.8, 4) is 0 Å². The first-order valence-electron chi connectivity index (χ1n) is 4.54. The molecule has 0 fully saturated rings. The van der Waals surface area contributed by atoms with E-state index in [1.807, 2.05) is 0 Å². The Balaban J connectivity index is 2.20. The lowest BCUT2D eigenvalue weighted by Crippen LogP contribution is -2.21. The van der Waals surface area contributed by atoms with Crippen molar-refractivity contribution < 1.29 is 13.5 Å². The van der Waals surface area contributed by atoms with Gasteiger partial charge in [-0.3, -0.25) is 0 Å². The van der Waals surface area contributed by atoms with Gasteiger partial charge in [-0.2, -0.15) is 0 Å². The van der Waals surface area contributed by atoms with Crippen molar-refractivity contribution >= 4 is 11.3 Å². The molecule has 0 aliphatic rings. The molecule has 0 unspecified atom stereocenters. The predicted octanol–water partition coefficient (Wildman–Crippen LogP) is 1.25. The van der Waals surface area contributed by atoms with Crippen LogP contribution in [0.5, 0.6) is 0 Å². The van der Waals surface area contributed by atoms with Gasteiger partial charge in [-0.05, 0) is 0 Å². The van der Waals surface area contributed by atoms with E-state index >= 15 is 0 Å². The van der Waals surface area contributed by atoms with Gasteiger partial charge in [-0.25, -0.2) is 8.78 Å². The van der Waals surface area contributed by atoms with E-state index in [1.54, 1.807) is 7.11 Å². The maximum Gasteiger partial charge on any atom is 0.291 e. The van der Waals surface area contributed by atoms with Crippen molar-refractivity contribution in [1.82, 2.24) is 15.5 Å². The number of nitrogens with zero attached hydrogens (tertiary/aromatic N) is 2. The van der Waals surface area contributed by atoms with Crippen LogP contribution < -0.4 is 5.32 Å². The van der Waals surface area contributed by atoms with Crippen LogP contribution in [0.2, 0.25) is 0 Å². The van der Waals surface area contributed by atoms with Crippen molar-refractivity contribution in [2.45, 2.75) is 12.8 Å². The summed E-state index contributed by atoms with van der Waals surface area (Å²) in [7, 11) is 1.63. The molecule has 1 heterocycles. The molecule has 0 aliphatic heterocycles. The minimum atomic E-state index is -2.52. The molecule has 0 aromatic carbocycles. The highest BCUT2D eigenvalue weighted by Crippen LogP contribution is 2.22. The second-order valence-corrected chi connectivity index (χ2v) is 3.92. The van der Waals surface area contributed by atoms with Crippen LogP contribution in [0, 0.1) is 0 Å². The SMILES string of the molecule is COCCNCCc1nnc(C(F)F)s1. The number of hydrogen-bond donors (Lipinski definition) is 1. The predicted molar refractivity (Wildman–Crippen MR) is 53.3 cm³/mol. The van der Waals surface area contributed by atoms with Gasteiger partial charge in [0.1, 0.15) is 5.01 Å². The number of aromatic nitrogens is 2. The molecule has 0 aliphatic carbocycles. The van der Waals surface area contributed by atoms with E-state index in [9.17, 15) is 8.78 Å². The Morgan fingerprint density at radius 3 is 2.80 bits per heavy atom. The first-order valence-corrected chi connectivity index (χ1v) is 5.35. The second-order valence-electron chi connectivity index (χ2n) is 2.83. The molecule has 1 aromatic rings. The van der Waals surface area contributed by atoms with Gasteiger partial charge >= 0.3 is 0 Å². The van der Waals surface area contributed by atoms with Crippen LogP contribution in [0.15, 0.2) is 0 Å². The Morgan fingerprint density at radius 1 is 1.40 bits per heavy atom. The minimum absolute atomic E-state index is 0.207. The highest BCUT2D eigenvalue weighted by molar-refractivity contribution is 7.11. The van der Waals surface area contributed by atoms with Gasteiger partial charge in [0.15, 0.2) is 5.01 Å². The molecule has 1 rings (SSSR count). The maximum absolute atomic E-state index is 12.1. The van der Waals surface area contributed by atoms with Crippen molar-refractivity contribution in [3.05, 3.63) is 10.0 Å². The Kier molecular flexibility index (Phi) is 5.59. The minimum Gasteiger partial charge on any atom is -0.383 e. The van der Waals surface area contributed by atoms with Gasteiger partial charge in [0, 0.05) is 26.6 Å². The molecule has 1 N–H and O–H groups in total. The average Bonchev–Trinajstić information content (AvgIpc) is 2.66. The number of halogens is 2. The Labute approximate surface area is 90.7 Å². The molecular weight excluding hydrogens is 224 g/mol. The summed E-state index contributed by atoms with van der Waals surface area (Å²) in [6.07, 6.45) is -1.90. The molecule has 0 bridgehead atoms. The fraction of sp³-hybridized carbons (Fsp3) is 0.750. The first kappa shape index (κ1) is 12.4. The van der Waals surface area contributed by atoms with Gasteiger partial charge < -0.3 is 10.1 Å². The van der Waals surface area contributed by atoms with Gasteiger partial charge in [0.25, 0.3) is 6.43 Å². The van der Waals surface area contributed by atoms with Crippen LogP contribution in [0.4, 0.5) is 8.78 Å². The zero-order valence-corrected chi connectivity index (χ0v) is 9.19. The number of rotatable bonds is 7. The summed E-state index contributed by atoms with van der Waals surface area (Å²) in [6, 6.07) is 0. The molecular formula is C8H13F2N3OS. The topological polar surface area (TPSA) is 47.0 Å². The van der Waals surface area contributed by atoms with Crippen LogP contribution in [0.3, 0.4) is 0 Å². The zero-order chi connectivity index (χ0) is 11.1. The van der Waals surface area contributed by atoms with Gasteiger partial charge in [-0.15, -0.1) is 10.2 Å². The van der Waals surface area contributed by atoms with Crippen LogP contribution in [0.1, 0.15) is 16.4 Å². The number of alkyl halides is 2. The smallest absolute Gasteiger partial charge is 0.291 e. The lowest BCUT2D eigenvalue weighted by molar-refractivity contribution is 0.150. The molecule has 0 atom stereocenters. The van der Waals surface area contributed by atoms with Crippen LogP contribution >= 0.6 is 11.3 Å². The van der Waals surface area contributed by atoms with Gasteiger partial charge in [0.05, 0.1) is 6.61 Å². The first-order chi connectivity index (χ1) is 7.24. The molecule has 15 heavy (non-hydrogen) atoms. The van der Waals surface area contributed by atoms with E-state index in [-0.39, 0.29) is 5.01 Å². The fourth-order valence-electron chi connectivity index (χ4n) is 0.950. The maximum atomic E-state index is 12.1. The average molecular weight is 237 g/mol. The summed E-state index contributed by atoms with van der Waals surface area (Å²) >= 11 is 0.961. The van der Waals surface area contributed by atoms with Crippen molar-refractivity contribution in [1.29, 1.82) is 0 Å². The lowest BCUT2D eigenvalue weighted by atomic mass is 10.4. The van der Waals surface area contributed by atoms with E-state index in [4.69, 9.17) is 4.74 Å². The molecule has 0 amide bonds. The van der Waals surface area contributed by atoms with E-state index in [0.29, 0.717) is 24.6 Å². The van der Waals surface area contributed by atoms with Crippen molar-refractivity contribution in [3.63, 3.8) is 0 Å². The summed E-state index contributed by atoms with van der Waals surface area (Å²) in [5.74, 6) is 0. The van der Waals surface area contributed by atoms with E-state index < -0.39 is 6.43 Å². The van der Waals surface area contributed by atoms with Gasteiger partial charge in [0.2, 0.25) is 0 Å². The zero-order valence-electron chi connectivity index (χ0n) is 8.37. The van der Waals surface area contributed by atoms with Crippen molar-refractivity contribution in [2.75, 3.05) is 26.8 Å². The monoisotopic (exact) mass is 237 g/mol. The normalized spacial score (nSPS) is 11.2. The Morgan fingerprint density at radius 2 is 2.20 bits per heavy atom. The molecule has 0 radical (unpaired) electrons. The van der Waals surface area contributed by atoms with E-state index in [2.05, 4.69) is 15.5 Å². The molecule has 4 nitrogen and oxygen atoms in total. The largest absolute Gasteiger partial charge is 0.383 e. The number of nitrogens with one attached hydrogen (secondary N) is 1.